The lowest BCUT2D eigenvalue weighted by Crippen LogP contribution is -2.46. The van der Waals surface area contributed by atoms with Crippen LogP contribution >= 0.6 is 0 Å². The third-order valence-electron chi connectivity index (χ3n) is 7.55. The van der Waals surface area contributed by atoms with Crippen molar-refractivity contribution in [2.24, 2.45) is 0 Å². The number of rotatable bonds is 12. The summed E-state index contributed by atoms with van der Waals surface area (Å²) in [6.07, 6.45) is 4.12. The largest absolute Gasteiger partial charge is 0.493 e. The van der Waals surface area contributed by atoms with E-state index in [9.17, 15) is 13.2 Å². The molecule has 10 heteroatoms. The molecule has 0 aliphatic rings. The average Bonchev–Trinajstić information content (AvgIpc) is 3.44. The number of hydrogen-bond donors (Lipinski definition) is 1. The van der Waals surface area contributed by atoms with Crippen LogP contribution in [0.3, 0.4) is 0 Å². The van der Waals surface area contributed by atoms with Gasteiger partial charge in [-0.15, -0.1) is 0 Å². The molecule has 1 N–H and O–H groups in total. The molecule has 0 saturated heterocycles. The average molecular weight is 601 g/mol. The minimum atomic E-state index is -4.05. The summed E-state index contributed by atoms with van der Waals surface area (Å²) in [7, 11) is -0.918. The zero-order chi connectivity index (χ0) is 30.6. The highest BCUT2D eigenvalue weighted by Gasteiger charge is 2.32. The molecular weight excluding hydrogens is 564 g/mol. The summed E-state index contributed by atoms with van der Waals surface area (Å²) in [5.41, 5.74) is 3.32. The highest BCUT2D eigenvalue weighted by Crippen LogP contribution is 2.29. The molecule has 0 spiro atoms. The fourth-order valence-electron chi connectivity index (χ4n) is 5.27. The molecule has 2 heterocycles. The standard InChI is InChI=1S/C33H36N4O5S/c1-23(2)37(43(39,40)31-13-7-9-25-10-8-17-34-33(25)31)22-32(38)36(21-24-14-15-29(41-3)30(19-24)42-4)18-16-26-20-35-28-12-6-5-11-27(26)28/h5-15,17,19-20,23,35H,16,18,21-22H2,1-4H3. The third-order valence-corrected chi connectivity index (χ3v) is 9.60. The normalized spacial score (nSPS) is 11.9. The van der Waals surface area contributed by atoms with Gasteiger partial charge in [0.05, 0.1) is 26.3 Å². The van der Waals surface area contributed by atoms with Gasteiger partial charge in [0.25, 0.3) is 0 Å². The molecule has 0 aliphatic carbocycles. The summed E-state index contributed by atoms with van der Waals surface area (Å²) in [5.74, 6) is 0.836. The number of fused-ring (bicyclic) bond motifs is 2. The number of amides is 1. The third kappa shape index (κ3) is 6.35. The number of benzene rings is 3. The second kappa shape index (κ2) is 12.8. The quantitative estimate of drug-likeness (QED) is 0.206. The summed E-state index contributed by atoms with van der Waals surface area (Å²) in [5, 5.41) is 1.81. The second-order valence-corrected chi connectivity index (χ2v) is 12.4. The van der Waals surface area contributed by atoms with Gasteiger partial charge in [-0.3, -0.25) is 9.78 Å². The summed E-state index contributed by atoms with van der Waals surface area (Å²) >= 11 is 0. The molecule has 224 valence electrons. The van der Waals surface area contributed by atoms with Crippen molar-refractivity contribution >= 4 is 37.7 Å². The van der Waals surface area contributed by atoms with Crippen molar-refractivity contribution in [3.8, 4) is 11.5 Å². The predicted octanol–water partition coefficient (Wildman–Crippen LogP) is 5.40. The first-order valence-electron chi connectivity index (χ1n) is 14.1. The fourth-order valence-corrected chi connectivity index (χ4v) is 7.03. The SMILES string of the molecule is COc1ccc(CN(CCc2c[nH]c3ccccc23)C(=O)CN(C(C)C)S(=O)(=O)c2cccc3cccnc23)cc1OC. The molecule has 3 aromatic carbocycles. The first-order chi connectivity index (χ1) is 20.7. The van der Waals surface area contributed by atoms with Crippen molar-refractivity contribution in [2.75, 3.05) is 27.3 Å². The highest BCUT2D eigenvalue weighted by molar-refractivity contribution is 7.89. The van der Waals surface area contributed by atoms with Crippen molar-refractivity contribution in [3.05, 3.63) is 96.3 Å². The van der Waals surface area contributed by atoms with E-state index in [1.165, 1.54) is 4.31 Å². The lowest BCUT2D eigenvalue weighted by Gasteiger charge is -2.30. The van der Waals surface area contributed by atoms with Crippen LogP contribution in [0.4, 0.5) is 0 Å². The van der Waals surface area contributed by atoms with E-state index in [0.717, 1.165) is 22.0 Å². The number of carbonyl (C=O) groups is 1. The van der Waals surface area contributed by atoms with Crippen LogP contribution in [0.15, 0.2) is 90.1 Å². The number of ether oxygens (including phenoxy) is 2. The number of methoxy groups -OCH3 is 2. The van der Waals surface area contributed by atoms with Crippen molar-refractivity contribution < 1.29 is 22.7 Å². The lowest BCUT2D eigenvalue weighted by molar-refractivity contribution is -0.132. The molecule has 0 bridgehead atoms. The van der Waals surface area contributed by atoms with Crippen LogP contribution in [-0.2, 0) is 27.8 Å². The Labute approximate surface area is 252 Å². The Kier molecular flexibility index (Phi) is 8.98. The van der Waals surface area contributed by atoms with Gasteiger partial charge in [0.15, 0.2) is 11.5 Å². The minimum absolute atomic E-state index is 0.0809. The predicted molar refractivity (Wildman–Crippen MR) is 168 cm³/mol. The molecule has 0 unspecified atom stereocenters. The van der Waals surface area contributed by atoms with Crippen LogP contribution in [0.5, 0.6) is 11.5 Å². The van der Waals surface area contributed by atoms with E-state index in [2.05, 4.69) is 9.97 Å². The monoisotopic (exact) mass is 600 g/mol. The van der Waals surface area contributed by atoms with E-state index in [1.54, 1.807) is 63.4 Å². The van der Waals surface area contributed by atoms with E-state index >= 15 is 0 Å². The van der Waals surface area contributed by atoms with Gasteiger partial charge in [0, 0.05) is 47.8 Å². The minimum Gasteiger partial charge on any atom is -0.493 e. The lowest BCUT2D eigenvalue weighted by atomic mass is 10.1. The zero-order valence-electron chi connectivity index (χ0n) is 24.8. The Morgan fingerprint density at radius 3 is 2.49 bits per heavy atom. The maximum absolute atomic E-state index is 14.0. The number of nitrogens with zero attached hydrogens (tertiary/aromatic N) is 3. The van der Waals surface area contributed by atoms with E-state index in [0.29, 0.717) is 35.4 Å². The Hall–Kier alpha value is -4.41. The fraction of sp³-hybridized carbons (Fsp3) is 0.273. The maximum Gasteiger partial charge on any atom is 0.245 e. The van der Waals surface area contributed by atoms with Gasteiger partial charge in [-0.25, -0.2) is 8.42 Å². The first kappa shape index (κ1) is 30.1. The van der Waals surface area contributed by atoms with Gasteiger partial charge in [-0.1, -0.05) is 42.5 Å². The Morgan fingerprint density at radius 1 is 0.953 bits per heavy atom. The van der Waals surface area contributed by atoms with E-state index in [4.69, 9.17) is 9.47 Å². The number of carbonyl (C=O) groups excluding carboxylic acids is 1. The Balaban J connectivity index is 1.45. The van der Waals surface area contributed by atoms with Gasteiger partial charge in [-0.2, -0.15) is 4.31 Å². The van der Waals surface area contributed by atoms with Crippen molar-refractivity contribution in [2.45, 2.75) is 37.8 Å². The van der Waals surface area contributed by atoms with Crippen LogP contribution in [0.1, 0.15) is 25.0 Å². The van der Waals surface area contributed by atoms with Crippen LogP contribution in [0.25, 0.3) is 21.8 Å². The van der Waals surface area contributed by atoms with Crippen LogP contribution in [0, 0.1) is 0 Å². The number of hydrogen-bond acceptors (Lipinski definition) is 6. The second-order valence-electron chi connectivity index (χ2n) is 10.6. The van der Waals surface area contributed by atoms with Crippen molar-refractivity contribution in [1.29, 1.82) is 0 Å². The Bertz CT molecular complexity index is 1850. The zero-order valence-corrected chi connectivity index (χ0v) is 25.6. The molecule has 0 aliphatic heterocycles. The summed E-state index contributed by atoms with van der Waals surface area (Å²) in [4.78, 5) is 23.5. The van der Waals surface area contributed by atoms with Gasteiger partial charge in [-0.05, 0) is 61.7 Å². The molecular formula is C33H36N4O5S. The van der Waals surface area contributed by atoms with Crippen molar-refractivity contribution in [3.63, 3.8) is 0 Å². The van der Waals surface area contributed by atoms with E-state index in [-0.39, 0.29) is 23.9 Å². The van der Waals surface area contributed by atoms with Gasteiger partial charge in [0.1, 0.15) is 4.90 Å². The summed E-state index contributed by atoms with van der Waals surface area (Å²) < 4.78 is 40.2. The van der Waals surface area contributed by atoms with Gasteiger partial charge in [0.2, 0.25) is 15.9 Å². The maximum atomic E-state index is 14.0. The number of para-hydroxylation sites is 2. The number of aromatic nitrogens is 2. The molecule has 9 nitrogen and oxygen atoms in total. The summed E-state index contributed by atoms with van der Waals surface area (Å²) in [6.45, 7) is 3.88. The number of sulfonamides is 1. The molecule has 43 heavy (non-hydrogen) atoms. The molecule has 0 saturated carbocycles. The molecule has 1 amide bonds. The summed E-state index contributed by atoms with van der Waals surface area (Å²) in [6, 6.07) is 21.7. The smallest absolute Gasteiger partial charge is 0.245 e. The topological polar surface area (TPSA) is 105 Å². The number of aromatic amines is 1. The molecule has 0 radical (unpaired) electrons. The highest BCUT2D eigenvalue weighted by atomic mass is 32.2. The van der Waals surface area contributed by atoms with E-state index < -0.39 is 16.1 Å². The number of nitrogens with one attached hydrogen (secondary N) is 1. The number of pyridine rings is 1. The van der Waals surface area contributed by atoms with Crippen molar-refractivity contribution in [1.82, 2.24) is 19.2 Å². The molecule has 2 aromatic heterocycles. The molecule has 0 fully saturated rings. The molecule has 5 aromatic rings. The van der Waals surface area contributed by atoms with Gasteiger partial charge < -0.3 is 19.4 Å². The van der Waals surface area contributed by atoms with Crippen LogP contribution < -0.4 is 9.47 Å². The first-order valence-corrected chi connectivity index (χ1v) is 15.6. The molecule has 5 rings (SSSR count). The van der Waals surface area contributed by atoms with Gasteiger partial charge >= 0.3 is 0 Å². The molecule has 0 atom stereocenters. The van der Waals surface area contributed by atoms with E-state index in [1.807, 2.05) is 54.7 Å². The van der Waals surface area contributed by atoms with Crippen LogP contribution in [-0.4, -0.2) is 66.8 Å². The Morgan fingerprint density at radius 2 is 1.72 bits per heavy atom. The van der Waals surface area contributed by atoms with Crippen LogP contribution in [0.2, 0.25) is 0 Å². The number of H-pyrrole nitrogens is 1.